The van der Waals surface area contributed by atoms with Crippen LogP contribution < -0.4 is 5.32 Å². The Labute approximate surface area is 137 Å². The highest BCUT2D eigenvalue weighted by atomic mass is 19.1. The highest BCUT2D eigenvalue weighted by Crippen LogP contribution is 2.24. The molecule has 0 spiro atoms. The van der Waals surface area contributed by atoms with Crippen molar-refractivity contribution in [2.24, 2.45) is 0 Å². The van der Waals surface area contributed by atoms with Crippen LogP contribution in [0, 0.1) is 5.82 Å². The molecule has 2 aromatic rings. The molecule has 3 amide bonds. The topological polar surface area (TPSA) is 66.5 Å². The number of hydrogen-bond donors (Lipinski definition) is 1. The highest BCUT2D eigenvalue weighted by molar-refractivity contribution is 6.22. The van der Waals surface area contributed by atoms with E-state index >= 15 is 0 Å². The number of imide groups is 1. The second-order valence-corrected chi connectivity index (χ2v) is 5.23. The summed E-state index contributed by atoms with van der Waals surface area (Å²) >= 11 is 0. The molecule has 5 nitrogen and oxygen atoms in total. The summed E-state index contributed by atoms with van der Waals surface area (Å²) in [5.41, 5.74) is 0.939. The Morgan fingerprint density at radius 3 is 2.58 bits per heavy atom. The van der Waals surface area contributed by atoms with Crippen molar-refractivity contribution in [2.45, 2.75) is 0 Å². The molecule has 0 aliphatic carbocycles. The van der Waals surface area contributed by atoms with Gasteiger partial charge >= 0.3 is 0 Å². The number of hydrogen-bond acceptors (Lipinski definition) is 3. The van der Waals surface area contributed by atoms with Crippen molar-refractivity contribution in [3.63, 3.8) is 0 Å². The summed E-state index contributed by atoms with van der Waals surface area (Å²) in [5.74, 6) is -1.84. The summed E-state index contributed by atoms with van der Waals surface area (Å²) in [6.45, 7) is 3.62. The maximum atomic E-state index is 13.2. The lowest BCUT2D eigenvalue weighted by Gasteiger charge is -2.09. The summed E-state index contributed by atoms with van der Waals surface area (Å²) < 4.78 is 13.2. The quantitative estimate of drug-likeness (QED) is 0.695. The zero-order chi connectivity index (χ0) is 17.3. The Kier molecular flexibility index (Phi) is 3.95. The van der Waals surface area contributed by atoms with Gasteiger partial charge in [0, 0.05) is 17.8 Å². The van der Waals surface area contributed by atoms with Crippen molar-refractivity contribution in [3.8, 4) is 0 Å². The van der Waals surface area contributed by atoms with Crippen LogP contribution in [-0.4, -0.2) is 29.2 Å². The third kappa shape index (κ3) is 2.69. The van der Waals surface area contributed by atoms with Gasteiger partial charge in [-0.3, -0.25) is 19.3 Å². The highest BCUT2D eigenvalue weighted by Gasteiger charge is 2.35. The Bertz CT molecular complexity index is 876. The SMILES string of the molecule is C=CCN1C(=O)c2ccc(C(=O)Nc3cccc(F)c3)cc2C1=O. The lowest BCUT2D eigenvalue weighted by atomic mass is 10.1. The van der Waals surface area contributed by atoms with Crippen LogP contribution in [-0.2, 0) is 0 Å². The first-order valence-electron chi connectivity index (χ1n) is 7.19. The van der Waals surface area contributed by atoms with E-state index in [0.717, 1.165) is 4.90 Å². The third-order valence-electron chi connectivity index (χ3n) is 3.63. The Hall–Kier alpha value is -3.28. The predicted molar refractivity (Wildman–Crippen MR) is 86.4 cm³/mol. The smallest absolute Gasteiger partial charge is 0.261 e. The number of fused-ring (bicyclic) bond motifs is 1. The van der Waals surface area contributed by atoms with Crippen molar-refractivity contribution in [3.05, 3.63) is 77.6 Å². The minimum Gasteiger partial charge on any atom is -0.322 e. The van der Waals surface area contributed by atoms with E-state index in [1.807, 2.05) is 0 Å². The maximum Gasteiger partial charge on any atom is 0.261 e. The number of amides is 3. The van der Waals surface area contributed by atoms with E-state index in [-0.39, 0.29) is 23.2 Å². The largest absolute Gasteiger partial charge is 0.322 e. The van der Waals surface area contributed by atoms with E-state index in [0.29, 0.717) is 5.69 Å². The molecule has 1 aliphatic rings. The van der Waals surface area contributed by atoms with E-state index in [4.69, 9.17) is 0 Å². The fourth-order valence-electron chi connectivity index (χ4n) is 2.50. The van der Waals surface area contributed by atoms with Gasteiger partial charge in [-0.05, 0) is 36.4 Å². The van der Waals surface area contributed by atoms with Crippen LogP contribution in [0.15, 0.2) is 55.1 Å². The molecular weight excluding hydrogens is 311 g/mol. The molecule has 120 valence electrons. The number of rotatable bonds is 4. The number of nitrogens with zero attached hydrogens (tertiary/aromatic N) is 1. The van der Waals surface area contributed by atoms with Crippen molar-refractivity contribution in [1.29, 1.82) is 0 Å². The zero-order valence-corrected chi connectivity index (χ0v) is 12.6. The molecule has 1 N–H and O–H groups in total. The molecule has 0 saturated heterocycles. The number of benzene rings is 2. The van der Waals surface area contributed by atoms with E-state index in [1.165, 1.54) is 42.5 Å². The summed E-state index contributed by atoms with van der Waals surface area (Å²) in [7, 11) is 0. The van der Waals surface area contributed by atoms with Crippen molar-refractivity contribution in [2.75, 3.05) is 11.9 Å². The Morgan fingerprint density at radius 2 is 1.88 bits per heavy atom. The minimum atomic E-state index is -0.495. The summed E-state index contributed by atoms with van der Waals surface area (Å²) in [5, 5.41) is 2.55. The van der Waals surface area contributed by atoms with Gasteiger partial charge in [-0.15, -0.1) is 6.58 Å². The summed E-state index contributed by atoms with van der Waals surface area (Å²) in [6.07, 6.45) is 1.46. The van der Waals surface area contributed by atoms with Crippen LogP contribution in [0.3, 0.4) is 0 Å². The van der Waals surface area contributed by atoms with Gasteiger partial charge in [-0.25, -0.2) is 4.39 Å². The second-order valence-electron chi connectivity index (χ2n) is 5.23. The first-order valence-corrected chi connectivity index (χ1v) is 7.19. The molecule has 0 fully saturated rings. The van der Waals surface area contributed by atoms with Gasteiger partial charge in [-0.2, -0.15) is 0 Å². The fraction of sp³-hybridized carbons (Fsp3) is 0.0556. The van der Waals surface area contributed by atoms with Gasteiger partial charge in [-0.1, -0.05) is 12.1 Å². The molecule has 1 heterocycles. The lowest BCUT2D eigenvalue weighted by molar-refractivity contribution is 0.0672. The van der Waals surface area contributed by atoms with Gasteiger partial charge in [0.1, 0.15) is 5.82 Å². The fourth-order valence-corrected chi connectivity index (χ4v) is 2.50. The van der Waals surface area contributed by atoms with E-state index in [1.54, 1.807) is 6.07 Å². The average Bonchev–Trinajstić information content (AvgIpc) is 2.80. The molecule has 0 aromatic heterocycles. The van der Waals surface area contributed by atoms with Crippen LogP contribution in [0.1, 0.15) is 31.1 Å². The van der Waals surface area contributed by atoms with E-state index in [2.05, 4.69) is 11.9 Å². The number of halogens is 1. The van der Waals surface area contributed by atoms with Gasteiger partial charge in [0.15, 0.2) is 0 Å². The number of nitrogens with one attached hydrogen (secondary N) is 1. The van der Waals surface area contributed by atoms with Crippen LogP contribution in [0.25, 0.3) is 0 Å². The molecule has 0 radical (unpaired) electrons. The molecule has 0 unspecified atom stereocenters. The lowest BCUT2D eigenvalue weighted by Crippen LogP contribution is -2.29. The monoisotopic (exact) mass is 324 g/mol. The van der Waals surface area contributed by atoms with Crippen LogP contribution in [0.4, 0.5) is 10.1 Å². The Balaban J connectivity index is 1.87. The van der Waals surface area contributed by atoms with Gasteiger partial charge in [0.2, 0.25) is 0 Å². The van der Waals surface area contributed by atoms with Crippen LogP contribution in [0.5, 0.6) is 0 Å². The van der Waals surface area contributed by atoms with E-state index < -0.39 is 23.5 Å². The van der Waals surface area contributed by atoms with Gasteiger partial charge in [0.05, 0.1) is 11.1 Å². The van der Waals surface area contributed by atoms with Crippen molar-refractivity contribution < 1.29 is 18.8 Å². The summed E-state index contributed by atoms with van der Waals surface area (Å²) in [6, 6.07) is 9.75. The normalized spacial score (nSPS) is 13.0. The minimum absolute atomic E-state index is 0.108. The zero-order valence-electron chi connectivity index (χ0n) is 12.6. The van der Waals surface area contributed by atoms with Crippen molar-refractivity contribution in [1.82, 2.24) is 4.90 Å². The molecule has 24 heavy (non-hydrogen) atoms. The molecule has 0 saturated carbocycles. The summed E-state index contributed by atoms with van der Waals surface area (Å²) in [4.78, 5) is 37.7. The molecule has 0 bridgehead atoms. The molecule has 1 aliphatic heterocycles. The number of carbonyl (C=O) groups excluding carboxylic acids is 3. The molecule has 3 rings (SSSR count). The molecular formula is C18H13FN2O3. The van der Waals surface area contributed by atoms with Crippen molar-refractivity contribution >= 4 is 23.4 Å². The first-order chi connectivity index (χ1) is 11.5. The first kappa shape index (κ1) is 15.6. The van der Waals surface area contributed by atoms with Gasteiger partial charge in [0.25, 0.3) is 17.7 Å². The molecule has 2 aromatic carbocycles. The molecule has 0 atom stereocenters. The maximum absolute atomic E-state index is 13.2. The van der Waals surface area contributed by atoms with Crippen LogP contribution >= 0.6 is 0 Å². The predicted octanol–water partition coefficient (Wildman–Crippen LogP) is 2.86. The number of carbonyl (C=O) groups is 3. The Morgan fingerprint density at radius 1 is 1.12 bits per heavy atom. The average molecular weight is 324 g/mol. The van der Waals surface area contributed by atoms with Crippen LogP contribution in [0.2, 0.25) is 0 Å². The number of anilines is 1. The third-order valence-corrected chi connectivity index (χ3v) is 3.63. The van der Waals surface area contributed by atoms with Gasteiger partial charge < -0.3 is 5.32 Å². The molecule has 6 heteroatoms. The van der Waals surface area contributed by atoms with E-state index in [9.17, 15) is 18.8 Å². The second kappa shape index (κ2) is 6.08. The standard InChI is InChI=1S/C18H13FN2O3/c1-2-8-21-17(23)14-7-6-11(9-15(14)18(21)24)16(22)20-13-5-3-4-12(19)10-13/h2-7,9-10H,1,8H2,(H,20,22).